The molecule has 2 aliphatic rings. The van der Waals surface area contributed by atoms with Crippen molar-refractivity contribution in [1.82, 2.24) is 14.5 Å². The van der Waals surface area contributed by atoms with Gasteiger partial charge in [0.05, 0.1) is 0 Å². The van der Waals surface area contributed by atoms with Crippen LogP contribution in [0.15, 0.2) is 21.6 Å². The Bertz CT molecular complexity index is 720. The zero-order valence-corrected chi connectivity index (χ0v) is 15.2. The standard InChI is InChI=1S/C16H25N3O4S/c1-16(2,3)17-24(21,22)14-7-6-13(23-14)15(20)19-10-9-18-8-4-5-12(18)11-19/h6-7,12,17H,4-5,8-11H2,1-3H3. The third kappa shape index (κ3) is 3.65. The van der Waals surface area contributed by atoms with Gasteiger partial charge in [-0.25, -0.2) is 13.1 Å². The molecule has 0 spiro atoms. The van der Waals surface area contributed by atoms with Gasteiger partial charge in [-0.2, -0.15) is 0 Å². The number of nitrogens with zero attached hydrogens (tertiary/aromatic N) is 2. The first kappa shape index (κ1) is 17.4. The summed E-state index contributed by atoms with van der Waals surface area (Å²) in [7, 11) is -3.77. The summed E-state index contributed by atoms with van der Waals surface area (Å²) >= 11 is 0. The fraction of sp³-hybridized carbons (Fsp3) is 0.688. The summed E-state index contributed by atoms with van der Waals surface area (Å²) in [6.45, 7) is 8.56. The third-order valence-corrected chi connectivity index (χ3v) is 6.00. The lowest BCUT2D eigenvalue weighted by Crippen LogP contribution is -2.52. The maximum Gasteiger partial charge on any atom is 0.289 e. The number of hydrogen-bond acceptors (Lipinski definition) is 5. The number of hydrogen-bond donors (Lipinski definition) is 1. The largest absolute Gasteiger partial charge is 0.438 e. The second-order valence-corrected chi connectivity index (χ2v) is 9.17. The third-order valence-electron chi connectivity index (χ3n) is 4.37. The molecule has 0 bridgehead atoms. The highest BCUT2D eigenvalue weighted by Crippen LogP contribution is 2.24. The summed E-state index contributed by atoms with van der Waals surface area (Å²) < 4.78 is 32.4. The predicted octanol–water partition coefficient (Wildman–Crippen LogP) is 1.28. The fourth-order valence-corrected chi connectivity index (χ4v) is 4.72. The molecule has 1 N–H and O–H groups in total. The summed E-state index contributed by atoms with van der Waals surface area (Å²) in [5, 5.41) is -0.222. The van der Waals surface area contributed by atoms with E-state index in [1.165, 1.54) is 18.6 Å². The second-order valence-electron chi connectivity index (χ2n) is 7.56. The minimum Gasteiger partial charge on any atom is -0.438 e. The van der Waals surface area contributed by atoms with Crippen LogP contribution >= 0.6 is 0 Å². The number of piperazine rings is 1. The average Bonchev–Trinajstić information content (AvgIpc) is 3.12. The van der Waals surface area contributed by atoms with E-state index in [4.69, 9.17) is 4.42 Å². The van der Waals surface area contributed by atoms with Crippen molar-refractivity contribution in [3.05, 3.63) is 17.9 Å². The Kier molecular flexibility index (Phi) is 4.48. The molecule has 1 aromatic heterocycles. The van der Waals surface area contributed by atoms with E-state index in [2.05, 4.69) is 9.62 Å². The van der Waals surface area contributed by atoms with Gasteiger partial charge < -0.3 is 9.32 Å². The maximum atomic E-state index is 12.6. The molecular weight excluding hydrogens is 330 g/mol. The Labute approximate surface area is 143 Å². The summed E-state index contributed by atoms with van der Waals surface area (Å²) in [6.07, 6.45) is 2.28. The Morgan fingerprint density at radius 3 is 2.71 bits per heavy atom. The second kappa shape index (κ2) is 6.16. The zero-order valence-electron chi connectivity index (χ0n) is 14.4. The summed E-state index contributed by atoms with van der Waals surface area (Å²) in [5.41, 5.74) is -0.616. The van der Waals surface area contributed by atoms with Gasteiger partial charge in [-0.3, -0.25) is 9.69 Å². The van der Waals surface area contributed by atoms with Crippen LogP contribution in [0, 0.1) is 0 Å². The van der Waals surface area contributed by atoms with Crippen LogP contribution < -0.4 is 4.72 Å². The molecule has 134 valence electrons. The molecule has 2 fully saturated rings. The Morgan fingerprint density at radius 1 is 1.25 bits per heavy atom. The van der Waals surface area contributed by atoms with Crippen LogP contribution in [-0.4, -0.2) is 61.9 Å². The fourth-order valence-electron chi connectivity index (χ4n) is 3.36. The smallest absolute Gasteiger partial charge is 0.289 e. The molecule has 2 aliphatic heterocycles. The first-order valence-corrected chi connectivity index (χ1v) is 9.81. The van der Waals surface area contributed by atoms with Crippen molar-refractivity contribution in [2.75, 3.05) is 26.2 Å². The van der Waals surface area contributed by atoms with E-state index < -0.39 is 15.6 Å². The first-order chi connectivity index (χ1) is 11.2. The van der Waals surface area contributed by atoms with Gasteiger partial charge in [-0.05, 0) is 52.3 Å². The van der Waals surface area contributed by atoms with Crippen LogP contribution in [0.25, 0.3) is 0 Å². The monoisotopic (exact) mass is 355 g/mol. The maximum absolute atomic E-state index is 12.6. The average molecular weight is 355 g/mol. The van der Waals surface area contributed by atoms with E-state index in [1.54, 1.807) is 25.7 Å². The molecule has 1 unspecified atom stereocenters. The lowest BCUT2D eigenvalue weighted by atomic mass is 10.1. The van der Waals surface area contributed by atoms with Gasteiger partial charge in [0.1, 0.15) is 0 Å². The van der Waals surface area contributed by atoms with E-state index in [9.17, 15) is 13.2 Å². The van der Waals surface area contributed by atoms with Crippen LogP contribution in [0.2, 0.25) is 0 Å². The van der Waals surface area contributed by atoms with E-state index in [0.717, 1.165) is 19.5 Å². The number of fused-ring (bicyclic) bond motifs is 1. The molecular formula is C16H25N3O4S. The molecule has 24 heavy (non-hydrogen) atoms. The minimum absolute atomic E-state index is 0.0794. The molecule has 1 atom stereocenters. The molecule has 0 aromatic carbocycles. The molecule has 3 rings (SSSR count). The van der Waals surface area contributed by atoms with Crippen molar-refractivity contribution in [2.45, 2.75) is 50.3 Å². The Balaban J connectivity index is 1.72. The number of amides is 1. The highest BCUT2D eigenvalue weighted by atomic mass is 32.2. The van der Waals surface area contributed by atoms with Gasteiger partial charge in [0.15, 0.2) is 5.76 Å². The summed E-state index contributed by atoms with van der Waals surface area (Å²) in [5.74, 6) is -0.158. The van der Waals surface area contributed by atoms with E-state index in [-0.39, 0.29) is 16.8 Å². The topological polar surface area (TPSA) is 82.9 Å². The van der Waals surface area contributed by atoms with Crippen LogP contribution in [0.1, 0.15) is 44.2 Å². The summed E-state index contributed by atoms with van der Waals surface area (Å²) in [6, 6.07) is 3.21. The molecule has 7 nitrogen and oxygen atoms in total. The first-order valence-electron chi connectivity index (χ1n) is 8.33. The number of rotatable bonds is 3. The van der Waals surface area contributed by atoms with Crippen LogP contribution in [0.4, 0.5) is 0 Å². The normalized spacial score (nSPS) is 22.6. The number of sulfonamides is 1. The van der Waals surface area contributed by atoms with Gasteiger partial charge in [0.25, 0.3) is 15.9 Å². The quantitative estimate of drug-likeness (QED) is 0.883. The lowest BCUT2D eigenvalue weighted by molar-refractivity contribution is 0.0536. The van der Waals surface area contributed by atoms with Gasteiger partial charge in [-0.1, -0.05) is 0 Å². The highest BCUT2D eigenvalue weighted by molar-refractivity contribution is 7.89. The predicted molar refractivity (Wildman–Crippen MR) is 89.3 cm³/mol. The Hall–Kier alpha value is -1.38. The molecule has 2 saturated heterocycles. The summed E-state index contributed by atoms with van der Waals surface area (Å²) in [4.78, 5) is 16.8. The van der Waals surface area contributed by atoms with Crippen molar-refractivity contribution >= 4 is 15.9 Å². The van der Waals surface area contributed by atoms with Crippen molar-refractivity contribution < 1.29 is 17.6 Å². The van der Waals surface area contributed by atoms with Gasteiger partial charge in [-0.15, -0.1) is 0 Å². The van der Waals surface area contributed by atoms with Crippen molar-refractivity contribution in [1.29, 1.82) is 0 Å². The van der Waals surface area contributed by atoms with Crippen LogP contribution in [0.3, 0.4) is 0 Å². The van der Waals surface area contributed by atoms with E-state index in [1.807, 2.05) is 0 Å². The Morgan fingerprint density at radius 2 is 2.00 bits per heavy atom. The number of nitrogens with one attached hydrogen (secondary N) is 1. The van der Waals surface area contributed by atoms with Crippen LogP contribution in [0.5, 0.6) is 0 Å². The molecule has 0 saturated carbocycles. The SMILES string of the molecule is CC(C)(C)NS(=O)(=O)c1ccc(C(=O)N2CCN3CCCC3C2)o1. The van der Waals surface area contributed by atoms with Crippen molar-refractivity contribution in [3.8, 4) is 0 Å². The molecule has 1 aromatic rings. The molecule has 1 amide bonds. The molecule has 0 aliphatic carbocycles. The highest BCUT2D eigenvalue weighted by Gasteiger charge is 2.34. The molecule has 8 heteroatoms. The van der Waals surface area contributed by atoms with Gasteiger partial charge in [0, 0.05) is 31.2 Å². The number of furan rings is 1. The number of carbonyl (C=O) groups excluding carboxylic acids is 1. The zero-order chi connectivity index (χ0) is 17.5. The van der Waals surface area contributed by atoms with Crippen molar-refractivity contribution in [2.24, 2.45) is 0 Å². The van der Waals surface area contributed by atoms with Crippen molar-refractivity contribution in [3.63, 3.8) is 0 Å². The minimum atomic E-state index is -3.77. The van der Waals surface area contributed by atoms with E-state index >= 15 is 0 Å². The van der Waals surface area contributed by atoms with Gasteiger partial charge in [0.2, 0.25) is 5.09 Å². The molecule has 3 heterocycles. The molecule has 0 radical (unpaired) electrons. The number of carbonyl (C=O) groups is 1. The lowest BCUT2D eigenvalue weighted by Gasteiger charge is -2.37. The van der Waals surface area contributed by atoms with E-state index in [0.29, 0.717) is 19.1 Å². The van der Waals surface area contributed by atoms with Gasteiger partial charge >= 0.3 is 0 Å². The van der Waals surface area contributed by atoms with Crippen LogP contribution in [-0.2, 0) is 10.0 Å².